The number of amides is 1. The minimum Gasteiger partial charge on any atom is -0.338 e. The van der Waals surface area contributed by atoms with Crippen LogP contribution < -0.4 is 0 Å². The van der Waals surface area contributed by atoms with Crippen LogP contribution in [0.1, 0.15) is 43.5 Å². The van der Waals surface area contributed by atoms with Crippen molar-refractivity contribution in [2.24, 2.45) is 11.3 Å². The molecule has 2 saturated heterocycles. The van der Waals surface area contributed by atoms with Crippen molar-refractivity contribution in [3.63, 3.8) is 0 Å². The Hall–Kier alpha value is -1.42. The van der Waals surface area contributed by atoms with Gasteiger partial charge in [0, 0.05) is 37.2 Å². The van der Waals surface area contributed by atoms with E-state index in [1.165, 1.54) is 25.0 Å². The average molecular weight is 318 g/mol. The zero-order valence-electron chi connectivity index (χ0n) is 14.2. The fourth-order valence-electron chi connectivity index (χ4n) is 4.22. The Kier molecular flexibility index (Phi) is 4.72. The Bertz CT molecular complexity index is 574. The third kappa shape index (κ3) is 3.74. The van der Waals surface area contributed by atoms with Crippen LogP contribution in [0.5, 0.6) is 0 Å². The van der Waals surface area contributed by atoms with Gasteiger partial charge in [-0.25, -0.2) is 4.39 Å². The van der Waals surface area contributed by atoms with Gasteiger partial charge in [-0.3, -0.25) is 4.79 Å². The Morgan fingerprint density at radius 1 is 1.26 bits per heavy atom. The molecule has 0 aromatic heterocycles. The molecule has 126 valence electrons. The minimum atomic E-state index is -0.341. The van der Waals surface area contributed by atoms with Gasteiger partial charge in [0.05, 0.1) is 0 Å². The van der Waals surface area contributed by atoms with Gasteiger partial charge in [0.2, 0.25) is 0 Å². The third-order valence-electron chi connectivity index (χ3n) is 5.16. The van der Waals surface area contributed by atoms with Crippen molar-refractivity contribution in [1.29, 1.82) is 0 Å². The summed E-state index contributed by atoms with van der Waals surface area (Å²) in [6.45, 7) is 9.49. The van der Waals surface area contributed by atoms with E-state index in [0.717, 1.165) is 39.1 Å². The number of carbonyl (C=O) groups excluding carboxylic acids is 1. The lowest BCUT2D eigenvalue weighted by Gasteiger charge is -2.40. The Morgan fingerprint density at radius 3 is 2.83 bits per heavy atom. The van der Waals surface area contributed by atoms with E-state index in [0.29, 0.717) is 11.5 Å². The summed E-state index contributed by atoms with van der Waals surface area (Å²) in [5, 5.41) is 0. The fourth-order valence-corrected chi connectivity index (χ4v) is 4.22. The standard InChI is InChI=1S/C19H27FN2O/c1-15(2)12-21-10-8-19(13-21)7-4-9-22(14-19)18(23)16-5-3-6-17(20)11-16/h3,5-6,11,15H,4,7-10,12-14H2,1-2H3/t19-/m0/s1. The van der Waals surface area contributed by atoms with Crippen LogP contribution in [0.4, 0.5) is 4.39 Å². The monoisotopic (exact) mass is 318 g/mol. The van der Waals surface area contributed by atoms with Gasteiger partial charge in [0.25, 0.3) is 5.91 Å². The first-order valence-electron chi connectivity index (χ1n) is 8.75. The molecule has 1 aromatic rings. The summed E-state index contributed by atoms with van der Waals surface area (Å²) < 4.78 is 13.4. The molecule has 23 heavy (non-hydrogen) atoms. The van der Waals surface area contributed by atoms with Crippen molar-refractivity contribution in [2.45, 2.75) is 33.1 Å². The molecule has 0 radical (unpaired) electrons. The second-order valence-corrected chi connectivity index (χ2v) is 7.72. The number of carbonyl (C=O) groups is 1. The van der Waals surface area contributed by atoms with E-state index in [1.807, 2.05) is 4.90 Å². The van der Waals surface area contributed by atoms with E-state index in [-0.39, 0.29) is 17.1 Å². The van der Waals surface area contributed by atoms with Gasteiger partial charge in [0.15, 0.2) is 0 Å². The van der Waals surface area contributed by atoms with Crippen molar-refractivity contribution >= 4 is 5.91 Å². The van der Waals surface area contributed by atoms with Gasteiger partial charge >= 0.3 is 0 Å². The summed E-state index contributed by atoms with van der Waals surface area (Å²) in [5.41, 5.74) is 0.718. The fraction of sp³-hybridized carbons (Fsp3) is 0.632. The number of rotatable bonds is 3. The van der Waals surface area contributed by atoms with E-state index in [2.05, 4.69) is 18.7 Å². The molecular weight excluding hydrogens is 291 g/mol. The van der Waals surface area contributed by atoms with Gasteiger partial charge in [-0.2, -0.15) is 0 Å². The number of likely N-dealkylation sites (tertiary alicyclic amines) is 2. The first kappa shape index (κ1) is 16.4. The predicted molar refractivity (Wildman–Crippen MR) is 89.9 cm³/mol. The lowest BCUT2D eigenvalue weighted by molar-refractivity contribution is 0.0525. The van der Waals surface area contributed by atoms with Gasteiger partial charge in [-0.05, 0) is 49.9 Å². The van der Waals surface area contributed by atoms with Crippen LogP contribution in [0.15, 0.2) is 24.3 Å². The summed E-state index contributed by atoms with van der Waals surface area (Å²) in [5.74, 6) is 0.316. The molecule has 3 rings (SSSR count). The smallest absolute Gasteiger partial charge is 0.253 e. The van der Waals surface area contributed by atoms with Crippen LogP contribution in [-0.4, -0.2) is 48.4 Å². The molecule has 0 unspecified atom stereocenters. The molecule has 2 heterocycles. The highest BCUT2D eigenvalue weighted by Crippen LogP contribution is 2.39. The van der Waals surface area contributed by atoms with Crippen molar-refractivity contribution in [3.05, 3.63) is 35.6 Å². The molecule has 1 atom stereocenters. The number of nitrogens with zero attached hydrogens (tertiary/aromatic N) is 2. The molecule has 0 N–H and O–H groups in total. The number of hydrogen-bond donors (Lipinski definition) is 0. The SMILES string of the molecule is CC(C)CN1CC[C@@]2(CCCN(C(=O)c3cccc(F)c3)C2)C1. The Balaban J connectivity index is 1.68. The summed E-state index contributed by atoms with van der Waals surface area (Å²) >= 11 is 0. The van der Waals surface area contributed by atoms with Crippen molar-refractivity contribution < 1.29 is 9.18 Å². The molecule has 2 fully saturated rings. The molecule has 0 aliphatic carbocycles. The molecular formula is C19H27FN2O. The Morgan fingerprint density at radius 2 is 2.09 bits per heavy atom. The van der Waals surface area contributed by atoms with Crippen LogP contribution in [0.25, 0.3) is 0 Å². The van der Waals surface area contributed by atoms with Gasteiger partial charge in [-0.1, -0.05) is 19.9 Å². The second kappa shape index (κ2) is 6.60. The summed E-state index contributed by atoms with van der Waals surface area (Å²) in [6.07, 6.45) is 3.43. The lowest BCUT2D eigenvalue weighted by Crippen LogP contribution is -2.47. The molecule has 2 aliphatic heterocycles. The van der Waals surface area contributed by atoms with Crippen LogP contribution in [-0.2, 0) is 0 Å². The van der Waals surface area contributed by atoms with Gasteiger partial charge in [0.1, 0.15) is 5.82 Å². The van der Waals surface area contributed by atoms with Crippen LogP contribution in [0.3, 0.4) is 0 Å². The number of piperidine rings is 1. The largest absolute Gasteiger partial charge is 0.338 e. The molecule has 0 saturated carbocycles. The van der Waals surface area contributed by atoms with Crippen molar-refractivity contribution in [1.82, 2.24) is 9.80 Å². The zero-order chi connectivity index (χ0) is 16.4. The minimum absolute atomic E-state index is 0.0223. The van der Waals surface area contributed by atoms with Crippen LogP contribution in [0, 0.1) is 17.2 Å². The molecule has 4 heteroatoms. The third-order valence-corrected chi connectivity index (χ3v) is 5.16. The number of benzene rings is 1. The molecule has 1 spiro atoms. The molecule has 0 bridgehead atoms. The topological polar surface area (TPSA) is 23.6 Å². The molecule has 1 amide bonds. The number of halogens is 1. The van der Waals surface area contributed by atoms with Gasteiger partial charge < -0.3 is 9.80 Å². The summed E-state index contributed by atoms with van der Waals surface area (Å²) in [7, 11) is 0. The predicted octanol–water partition coefficient (Wildman–Crippen LogP) is 3.41. The average Bonchev–Trinajstić information content (AvgIpc) is 2.88. The highest BCUT2D eigenvalue weighted by molar-refractivity contribution is 5.94. The first-order chi connectivity index (χ1) is 11.0. The van der Waals surface area contributed by atoms with E-state index < -0.39 is 0 Å². The maximum absolute atomic E-state index is 13.4. The molecule has 1 aromatic carbocycles. The van der Waals surface area contributed by atoms with Crippen molar-refractivity contribution in [3.8, 4) is 0 Å². The maximum atomic E-state index is 13.4. The maximum Gasteiger partial charge on any atom is 0.253 e. The van der Waals surface area contributed by atoms with E-state index in [1.54, 1.807) is 12.1 Å². The quantitative estimate of drug-likeness (QED) is 0.853. The molecule has 3 nitrogen and oxygen atoms in total. The lowest BCUT2D eigenvalue weighted by atomic mass is 9.79. The number of hydrogen-bond acceptors (Lipinski definition) is 2. The highest BCUT2D eigenvalue weighted by atomic mass is 19.1. The van der Waals surface area contributed by atoms with E-state index >= 15 is 0 Å². The Labute approximate surface area is 138 Å². The van der Waals surface area contributed by atoms with E-state index in [4.69, 9.17) is 0 Å². The highest BCUT2D eigenvalue weighted by Gasteiger charge is 2.42. The normalized spacial score (nSPS) is 25.5. The van der Waals surface area contributed by atoms with E-state index in [9.17, 15) is 9.18 Å². The van der Waals surface area contributed by atoms with Crippen LogP contribution >= 0.6 is 0 Å². The van der Waals surface area contributed by atoms with Crippen LogP contribution in [0.2, 0.25) is 0 Å². The van der Waals surface area contributed by atoms with Crippen molar-refractivity contribution in [2.75, 3.05) is 32.7 Å². The molecule has 2 aliphatic rings. The van der Waals surface area contributed by atoms with Gasteiger partial charge in [-0.15, -0.1) is 0 Å². The second-order valence-electron chi connectivity index (χ2n) is 7.72. The summed E-state index contributed by atoms with van der Waals surface area (Å²) in [4.78, 5) is 17.2. The summed E-state index contributed by atoms with van der Waals surface area (Å²) in [6, 6.07) is 6.06. The first-order valence-corrected chi connectivity index (χ1v) is 8.75. The zero-order valence-corrected chi connectivity index (χ0v) is 14.2.